The highest BCUT2D eigenvalue weighted by molar-refractivity contribution is 7.99. The lowest BCUT2D eigenvalue weighted by molar-refractivity contribution is -0.127. The SMILES string of the molecule is CCC(Oc1ccccc1Cl)C(=O)NCCSc1ccccc1. The number of hydrogen-bond donors (Lipinski definition) is 1. The minimum Gasteiger partial charge on any atom is -0.479 e. The van der Waals surface area contributed by atoms with Gasteiger partial charge in [-0.1, -0.05) is 48.9 Å². The average molecular weight is 350 g/mol. The van der Waals surface area contributed by atoms with Gasteiger partial charge < -0.3 is 10.1 Å². The van der Waals surface area contributed by atoms with Crippen molar-refractivity contribution >= 4 is 29.3 Å². The number of ether oxygens (including phenoxy) is 1. The quantitative estimate of drug-likeness (QED) is 0.567. The van der Waals surface area contributed by atoms with Gasteiger partial charge in [-0.05, 0) is 30.7 Å². The van der Waals surface area contributed by atoms with Crippen molar-refractivity contribution in [3.8, 4) is 5.75 Å². The van der Waals surface area contributed by atoms with Gasteiger partial charge in [0, 0.05) is 17.2 Å². The molecule has 0 aliphatic heterocycles. The van der Waals surface area contributed by atoms with E-state index in [0.29, 0.717) is 23.7 Å². The Labute approximate surface area is 146 Å². The van der Waals surface area contributed by atoms with Gasteiger partial charge in [-0.15, -0.1) is 11.8 Å². The van der Waals surface area contributed by atoms with Crippen molar-refractivity contribution in [2.45, 2.75) is 24.3 Å². The summed E-state index contributed by atoms with van der Waals surface area (Å²) >= 11 is 7.78. The van der Waals surface area contributed by atoms with Crippen LogP contribution in [0, 0.1) is 0 Å². The molecule has 0 bridgehead atoms. The summed E-state index contributed by atoms with van der Waals surface area (Å²) in [6.07, 6.45) is 0.0553. The molecular weight excluding hydrogens is 330 g/mol. The molecule has 0 fully saturated rings. The van der Waals surface area contributed by atoms with Crippen LogP contribution < -0.4 is 10.1 Å². The maximum atomic E-state index is 12.2. The monoisotopic (exact) mass is 349 g/mol. The second-order valence-corrected chi connectivity index (χ2v) is 6.47. The number of rotatable bonds is 8. The second kappa shape index (κ2) is 9.48. The number of hydrogen-bond acceptors (Lipinski definition) is 3. The Balaban J connectivity index is 1.77. The lowest BCUT2D eigenvalue weighted by Crippen LogP contribution is -2.39. The standard InChI is InChI=1S/C18H20ClNO2S/c1-2-16(22-17-11-7-6-10-15(17)19)18(21)20-12-13-23-14-8-4-3-5-9-14/h3-11,16H,2,12-13H2,1H3,(H,20,21). The van der Waals surface area contributed by atoms with E-state index >= 15 is 0 Å². The van der Waals surface area contributed by atoms with E-state index in [9.17, 15) is 4.79 Å². The molecule has 0 aromatic heterocycles. The number of carbonyl (C=O) groups excluding carboxylic acids is 1. The van der Waals surface area contributed by atoms with E-state index < -0.39 is 6.10 Å². The molecule has 1 N–H and O–H groups in total. The molecule has 0 spiro atoms. The van der Waals surface area contributed by atoms with Gasteiger partial charge in [-0.25, -0.2) is 0 Å². The third-order valence-electron chi connectivity index (χ3n) is 3.18. The van der Waals surface area contributed by atoms with Crippen molar-refractivity contribution in [3.63, 3.8) is 0 Å². The zero-order valence-electron chi connectivity index (χ0n) is 13.0. The molecule has 122 valence electrons. The van der Waals surface area contributed by atoms with Gasteiger partial charge in [-0.2, -0.15) is 0 Å². The molecule has 3 nitrogen and oxygen atoms in total. The summed E-state index contributed by atoms with van der Waals surface area (Å²) in [6.45, 7) is 2.51. The van der Waals surface area contributed by atoms with Gasteiger partial charge in [0.25, 0.3) is 5.91 Å². The van der Waals surface area contributed by atoms with Crippen molar-refractivity contribution < 1.29 is 9.53 Å². The summed E-state index contributed by atoms with van der Waals surface area (Å²) in [4.78, 5) is 13.4. The Morgan fingerprint density at radius 3 is 2.57 bits per heavy atom. The molecule has 2 rings (SSSR count). The molecule has 2 aromatic carbocycles. The minimum atomic E-state index is -0.531. The number of benzene rings is 2. The van der Waals surface area contributed by atoms with Gasteiger partial charge in [0.05, 0.1) is 5.02 Å². The third-order valence-corrected chi connectivity index (χ3v) is 4.51. The van der Waals surface area contributed by atoms with Gasteiger partial charge in [0.2, 0.25) is 0 Å². The van der Waals surface area contributed by atoms with Crippen molar-refractivity contribution in [3.05, 3.63) is 59.6 Å². The first-order valence-electron chi connectivity index (χ1n) is 7.57. The van der Waals surface area contributed by atoms with Crippen LogP contribution in [-0.2, 0) is 4.79 Å². The Hall–Kier alpha value is -1.65. The van der Waals surface area contributed by atoms with Crippen LogP contribution in [0.4, 0.5) is 0 Å². The zero-order chi connectivity index (χ0) is 16.5. The van der Waals surface area contributed by atoms with Gasteiger partial charge >= 0.3 is 0 Å². The van der Waals surface area contributed by atoms with Crippen molar-refractivity contribution in [1.29, 1.82) is 0 Å². The highest BCUT2D eigenvalue weighted by Crippen LogP contribution is 2.24. The van der Waals surface area contributed by atoms with Crippen molar-refractivity contribution in [2.75, 3.05) is 12.3 Å². The van der Waals surface area contributed by atoms with Crippen LogP contribution in [0.2, 0.25) is 5.02 Å². The lowest BCUT2D eigenvalue weighted by Gasteiger charge is -2.18. The number of amides is 1. The first-order valence-corrected chi connectivity index (χ1v) is 8.93. The van der Waals surface area contributed by atoms with Crippen molar-refractivity contribution in [2.24, 2.45) is 0 Å². The van der Waals surface area contributed by atoms with Crippen LogP contribution >= 0.6 is 23.4 Å². The summed E-state index contributed by atoms with van der Waals surface area (Å²) in [5.41, 5.74) is 0. The van der Waals surface area contributed by atoms with Gasteiger partial charge in [0.1, 0.15) is 5.75 Å². The van der Waals surface area contributed by atoms with Crippen molar-refractivity contribution in [1.82, 2.24) is 5.32 Å². The number of thioether (sulfide) groups is 1. The minimum absolute atomic E-state index is 0.110. The molecule has 0 radical (unpaired) electrons. The Morgan fingerprint density at radius 2 is 1.87 bits per heavy atom. The topological polar surface area (TPSA) is 38.3 Å². The zero-order valence-corrected chi connectivity index (χ0v) is 14.6. The molecule has 5 heteroatoms. The predicted molar refractivity (Wildman–Crippen MR) is 96.3 cm³/mol. The van der Waals surface area contributed by atoms with E-state index in [-0.39, 0.29) is 5.91 Å². The number of para-hydroxylation sites is 1. The smallest absolute Gasteiger partial charge is 0.261 e. The second-order valence-electron chi connectivity index (χ2n) is 4.90. The number of carbonyl (C=O) groups is 1. The lowest BCUT2D eigenvalue weighted by atomic mass is 10.2. The summed E-state index contributed by atoms with van der Waals surface area (Å²) in [6, 6.07) is 17.3. The van der Waals surface area contributed by atoms with Crippen LogP contribution in [0.1, 0.15) is 13.3 Å². The molecule has 0 saturated carbocycles. The van der Waals surface area contributed by atoms with Gasteiger partial charge in [0.15, 0.2) is 6.10 Å². The molecule has 0 aliphatic carbocycles. The molecule has 0 saturated heterocycles. The van der Waals surface area contributed by atoms with E-state index in [2.05, 4.69) is 17.4 Å². The average Bonchev–Trinajstić information content (AvgIpc) is 2.59. The Bertz CT molecular complexity index is 621. The first kappa shape index (κ1) is 17.7. The third kappa shape index (κ3) is 5.81. The van der Waals surface area contributed by atoms with Crippen LogP contribution in [0.3, 0.4) is 0 Å². The summed E-state index contributed by atoms with van der Waals surface area (Å²) < 4.78 is 5.72. The van der Waals surface area contributed by atoms with Crippen LogP contribution in [0.15, 0.2) is 59.5 Å². The fourth-order valence-electron chi connectivity index (χ4n) is 1.99. The number of halogens is 1. The predicted octanol–water partition coefficient (Wildman–Crippen LogP) is 4.41. The van der Waals surface area contributed by atoms with Crippen LogP contribution in [-0.4, -0.2) is 24.3 Å². The largest absolute Gasteiger partial charge is 0.479 e. The fraction of sp³-hybridized carbons (Fsp3) is 0.278. The van der Waals surface area contributed by atoms with Crippen LogP contribution in [0.5, 0.6) is 5.75 Å². The molecule has 1 atom stereocenters. The van der Waals surface area contributed by atoms with E-state index in [4.69, 9.17) is 16.3 Å². The van der Waals surface area contributed by atoms with Gasteiger partial charge in [-0.3, -0.25) is 4.79 Å². The van der Waals surface area contributed by atoms with E-state index in [1.54, 1.807) is 23.9 Å². The fourth-order valence-corrected chi connectivity index (χ4v) is 2.96. The molecule has 1 amide bonds. The highest BCUT2D eigenvalue weighted by Gasteiger charge is 2.18. The van der Waals surface area contributed by atoms with E-state index in [1.807, 2.05) is 37.3 Å². The normalized spacial score (nSPS) is 11.7. The summed E-state index contributed by atoms with van der Waals surface area (Å²) in [5.74, 6) is 1.24. The molecule has 2 aromatic rings. The van der Waals surface area contributed by atoms with E-state index in [1.165, 1.54) is 4.90 Å². The maximum Gasteiger partial charge on any atom is 0.261 e. The molecule has 0 aliphatic rings. The Kier molecular flexibility index (Phi) is 7.30. The molecule has 1 unspecified atom stereocenters. The van der Waals surface area contributed by atoms with E-state index in [0.717, 1.165) is 5.75 Å². The maximum absolute atomic E-state index is 12.2. The van der Waals surface area contributed by atoms with Crippen LogP contribution in [0.25, 0.3) is 0 Å². The highest BCUT2D eigenvalue weighted by atomic mass is 35.5. The Morgan fingerprint density at radius 1 is 1.17 bits per heavy atom. The molecule has 23 heavy (non-hydrogen) atoms. The first-order chi connectivity index (χ1) is 11.2. The summed E-state index contributed by atoms with van der Waals surface area (Å²) in [7, 11) is 0. The summed E-state index contributed by atoms with van der Waals surface area (Å²) in [5, 5.41) is 3.43. The molecule has 0 heterocycles. The molecular formula is C18H20ClNO2S. The number of nitrogens with one attached hydrogen (secondary N) is 1.